The zero-order chi connectivity index (χ0) is 15.2. The van der Waals surface area contributed by atoms with E-state index in [-0.39, 0.29) is 5.41 Å². The molecule has 22 heavy (non-hydrogen) atoms. The molecule has 1 heterocycles. The third-order valence-corrected chi connectivity index (χ3v) is 5.57. The van der Waals surface area contributed by atoms with Gasteiger partial charge in [0.1, 0.15) is 5.75 Å². The van der Waals surface area contributed by atoms with Crippen molar-refractivity contribution in [1.29, 1.82) is 0 Å². The molecule has 0 unspecified atom stereocenters. The highest BCUT2D eigenvalue weighted by Crippen LogP contribution is 2.44. The van der Waals surface area contributed by atoms with Gasteiger partial charge in [0.15, 0.2) is 0 Å². The molecule has 2 heteroatoms. The van der Waals surface area contributed by atoms with Crippen LogP contribution in [0.15, 0.2) is 36.4 Å². The Morgan fingerprint density at radius 2 is 1.91 bits per heavy atom. The van der Waals surface area contributed by atoms with Gasteiger partial charge in [0.25, 0.3) is 0 Å². The molecule has 2 aromatic carbocycles. The average molecular weight is 313 g/mol. The number of aryl methyl sites for hydroxylation is 3. The predicted octanol–water partition coefficient (Wildman–Crippen LogP) is 5.25. The molecule has 0 amide bonds. The topological polar surface area (TPSA) is 9.23 Å². The Labute approximate surface area is 137 Å². The van der Waals surface area contributed by atoms with Gasteiger partial charge in [0.05, 0.1) is 6.61 Å². The molecule has 0 saturated carbocycles. The lowest BCUT2D eigenvalue weighted by Crippen LogP contribution is -2.36. The van der Waals surface area contributed by atoms with Crippen molar-refractivity contribution in [1.82, 2.24) is 0 Å². The summed E-state index contributed by atoms with van der Waals surface area (Å²) in [6.07, 6.45) is 5.85. The Morgan fingerprint density at radius 3 is 2.82 bits per heavy atom. The number of ether oxygens (including phenoxy) is 1. The number of hydrogen-bond donors (Lipinski definition) is 0. The fourth-order valence-corrected chi connectivity index (χ4v) is 4.35. The predicted molar refractivity (Wildman–Crippen MR) is 91.1 cm³/mol. The fraction of sp³-hybridized carbons (Fsp3) is 0.400. The van der Waals surface area contributed by atoms with Gasteiger partial charge in [-0.15, -0.1) is 0 Å². The lowest BCUT2D eigenvalue weighted by atomic mass is 9.68. The largest absolute Gasteiger partial charge is 0.492 e. The average Bonchev–Trinajstić information content (AvgIpc) is 2.68. The zero-order valence-corrected chi connectivity index (χ0v) is 13.7. The summed E-state index contributed by atoms with van der Waals surface area (Å²) in [7, 11) is 0. The van der Waals surface area contributed by atoms with Crippen molar-refractivity contribution >= 4 is 11.6 Å². The van der Waals surface area contributed by atoms with Crippen molar-refractivity contribution in [2.75, 3.05) is 6.61 Å². The van der Waals surface area contributed by atoms with Gasteiger partial charge >= 0.3 is 0 Å². The monoisotopic (exact) mass is 312 g/mol. The van der Waals surface area contributed by atoms with Crippen LogP contribution in [0, 0.1) is 6.92 Å². The van der Waals surface area contributed by atoms with E-state index in [2.05, 4.69) is 37.3 Å². The smallest absolute Gasteiger partial charge is 0.122 e. The fourth-order valence-electron chi connectivity index (χ4n) is 4.15. The standard InChI is InChI=1S/C20H21ClO/c1-14-4-7-19-16(11-14)8-10-20(13-22-19)9-2-3-15-12-17(21)5-6-18(15)20/h4-7,11-12H,2-3,8-10,13H2,1H3/t20-/m0/s1. The summed E-state index contributed by atoms with van der Waals surface area (Å²) >= 11 is 6.20. The number of halogens is 1. The van der Waals surface area contributed by atoms with E-state index in [9.17, 15) is 0 Å². The van der Waals surface area contributed by atoms with Crippen LogP contribution in [0.4, 0.5) is 0 Å². The van der Waals surface area contributed by atoms with Gasteiger partial charge in [-0.3, -0.25) is 0 Å². The highest BCUT2D eigenvalue weighted by molar-refractivity contribution is 6.30. The molecule has 1 aliphatic carbocycles. The Kier molecular flexibility index (Phi) is 3.41. The van der Waals surface area contributed by atoms with E-state index in [1.807, 2.05) is 6.07 Å². The van der Waals surface area contributed by atoms with Crippen LogP contribution in [-0.2, 0) is 18.3 Å². The minimum absolute atomic E-state index is 0.158. The molecule has 1 nitrogen and oxygen atoms in total. The molecule has 2 aliphatic rings. The molecule has 1 atom stereocenters. The van der Waals surface area contributed by atoms with E-state index in [1.165, 1.54) is 35.1 Å². The van der Waals surface area contributed by atoms with Gasteiger partial charge in [-0.2, -0.15) is 0 Å². The van der Waals surface area contributed by atoms with E-state index in [0.717, 1.165) is 36.6 Å². The number of rotatable bonds is 0. The first-order chi connectivity index (χ1) is 10.7. The highest BCUT2D eigenvalue weighted by Gasteiger charge is 2.38. The van der Waals surface area contributed by atoms with E-state index in [4.69, 9.17) is 16.3 Å². The van der Waals surface area contributed by atoms with E-state index >= 15 is 0 Å². The van der Waals surface area contributed by atoms with Crippen molar-refractivity contribution in [3.8, 4) is 5.75 Å². The highest BCUT2D eigenvalue weighted by atomic mass is 35.5. The molecule has 1 aliphatic heterocycles. The summed E-state index contributed by atoms with van der Waals surface area (Å²) in [5.41, 5.74) is 5.72. The first kappa shape index (κ1) is 14.1. The summed E-state index contributed by atoms with van der Waals surface area (Å²) in [4.78, 5) is 0. The second kappa shape index (κ2) is 5.31. The molecule has 4 rings (SSSR count). The first-order valence-electron chi connectivity index (χ1n) is 8.18. The lowest BCUT2D eigenvalue weighted by Gasteiger charge is -2.38. The van der Waals surface area contributed by atoms with Crippen LogP contribution in [0.2, 0.25) is 5.02 Å². The van der Waals surface area contributed by atoms with Crippen molar-refractivity contribution in [3.63, 3.8) is 0 Å². The summed E-state index contributed by atoms with van der Waals surface area (Å²) < 4.78 is 6.25. The Morgan fingerprint density at radius 1 is 1.00 bits per heavy atom. The first-order valence-corrected chi connectivity index (χ1v) is 8.55. The van der Waals surface area contributed by atoms with Crippen LogP contribution >= 0.6 is 11.6 Å². The van der Waals surface area contributed by atoms with Gasteiger partial charge in [0, 0.05) is 10.4 Å². The third-order valence-electron chi connectivity index (χ3n) is 5.33. The summed E-state index contributed by atoms with van der Waals surface area (Å²) in [6.45, 7) is 2.94. The van der Waals surface area contributed by atoms with Crippen LogP contribution in [0.1, 0.15) is 41.5 Å². The minimum Gasteiger partial charge on any atom is -0.492 e. The number of benzene rings is 2. The molecule has 114 valence electrons. The van der Waals surface area contributed by atoms with Crippen molar-refractivity contribution in [3.05, 3.63) is 63.7 Å². The SMILES string of the molecule is Cc1ccc2c(c1)CC[C@@]1(CCCc3cc(Cl)ccc31)CO2. The zero-order valence-electron chi connectivity index (χ0n) is 13.0. The molecule has 0 aromatic heterocycles. The van der Waals surface area contributed by atoms with Crippen LogP contribution < -0.4 is 4.74 Å². The van der Waals surface area contributed by atoms with Gasteiger partial charge in [-0.1, -0.05) is 35.4 Å². The molecule has 0 saturated heterocycles. The Bertz CT molecular complexity index is 722. The normalized spacial score (nSPS) is 23.4. The molecule has 0 radical (unpaired) electrons. The van der Waals surface area contributed by atoms with Crippen molar-refractivity contribution in [2.45, 2.75) is 44.4 Å². The molecule has 0 fully saturated rings. The number of fused-ring (bicyclic) bond motifs is 3. The minimum atomic E-state index is 0.158. The third kappa shape index (κ3) is 2.32. The van der Waals surface area contributed by atoms with Gasteiger partial charge in [-0.05, 0) is 73.9 Å². The number of hydrogen-bond acceptors (Lipinski definition) is 1. The maximum absolute atomic E-state index is 6.25. The Balaban J connectivity index is 1.73. The maximum atomic E-state index is 6.25. The lowest BCUT2D eigenvalue weighted by molar-refractivity contribution is 0.195. The van der Waals surface area contributed by atoms with E-state index in [0.29, 0.717) is 0 Å². The van der Waals surface area contributed by atoms with Gasteiger partial charge in [-0.25, -0.2) is 0 Å². The summed E-state index contributed by atoms with van der Waals surface area (Å²) in [5.74, 6) is 1.07. The molecule has 2 aromatic rings. The van der Waals surface area contributed by atoms with Crippen molar-refractivity contribution < 1.29 is 4.74 Å². The van der Waals surface area contributed by atoms with E-state index in [1.54, 1.807) is 0 Å². The summed E-state index contributed by atoms with van der Waals surface area (Å²) in [6, 6.07) is 13.0. The second-order valence-electron chi connectivity index (χ2n) is 6.84. The van der Waals surface area contributed by atoms with Crippen LogP contribution in [-0.4, -0.2) is 6.61 Å². The summed E-state index contributed by atoms with van der Waals surface area (Å²) in [5, 5.41) is 0.851. The van der Waals surface area contributed by atoms with Crippen LogP contribution in [0.5, 0.6) is 5.75 Å². The van der Waals surface area contributed by atoms with Crippen LogP contribution in [0.25, 0.3) is 0 Å². The van der Waals surface area contributed by atoms with Crippen molar-refractivity contribution in [2.24, 2.45) is 0 Å². The molecule has 0 N–H and O–H groups in total. The molecular weight excluding hydrogens is 292 g/mol. The Hall–Kier alpha value is -1.47. The van der Waals surface area contributed by atoms with Gasteiger partial charge in [0.2, 0.25) is 0 Å². The quantitative estimate of drug-likeness (QED) is 0.645. The molecule has 0 bridgehead atoms. The van der Waals surface area contributed by atoms with Crippen LogP contribution in [0.3, 0.4) is 0 Å². The molecular formula is C20H21ClO. The maximum Gasteiger partial charge on any atom is 0.122 e. The molecule has 1 spiro atoms. The van der Waals surface area contributed by atoms with Gasteiger partial charge < -0.3 is 4.74 Å². The second-order valence-corrected chi connectivity index (χ2v) is 7.27. The van der Waals surface area contributed by atoms with E-state index < -0.39 is 0 Å².